The third-order valence-electron chi connectivity index (χ3n) is 4.86. The maximum absolute atomic E-state index is 12.6. The van der Waals surface area contributed by atoms with Gasteiger partial charge in [-0.3, -0.25) is 4.79 Å². The van der Waals surface area contributed by atoms with E-state index >= 15 is 0 Å². The highest BCUT2D eigenvalue weighted by Crippen LogP contribution is 2.33. The van der Waals surface area contributed by atoms with Gasteiger partial charge >= 0.3 is 0 Å². The first-order chi connectivity index (χ1) is 13.2. The first kappa shape index (κ1) is 17.8. The number of ether oxygens (including phenoxy) is 2. The van der Waals surface area contributed by atoms with Crippen molar-refractivity contribution in [3.63, 3.8) is 0 Å². The molecule has 0 unspecified atom stereocenters. The van der Waals surface area contributed by atoms with Crippen LogP contribution < -0.4 is 9.47 Å². The number of piperidine rings is 1. The minimum atomic E-state index is 0.0247. The van der Waals surface area contributed by atoms with Crippen LogP contribution in [-0.4, -0.2) is 42.6 Å². The van der Waals surface area contributed by atoms with Gasteiger partial charge in [-0.25, -0.2) is 4.98 Å². The lowest BCUT2D eigenvalue weighted by Crippen LogP contribution is -2.41. The number of fused-ring (bicyclic) bond motifs is 1. The number of rotatable bonds is 5. The van der Waals surface area contributed by atoms with E-state index in [9.17, 15) is 4.79 Å². The molecular formula is C21H22N2O3S. The van der Waals surface area contributed by atoms with Crippen LogP contribution in [0.25, 0.3) is 10.2 Å². The number of nitrogens with zero attached hydrogens (tertiary/aromatic N) is 2. The third-order valence-corrected chi connectivity index (χ3v) is 6.05. The Hall–Kier alpha value is -2.60. The van der Waals surface area contributed by atoms with Gasteiger partial charge in [0.25, 0.3) is 5.91 Å². The van der Waals surface area contributed by atoms with Crippen LogP contribution in [0.4, 0.5) is 0 Å². The quantitative estimate of drug-likeness (QED) is 0.667. The minimum absolute atomic E-state index is 0.0247. The maximum atomic E-state index is 12.6. The van der Waals surface area contributed by atoms with Crippen molar-refractivity contribution in [1.29, 1.82) is 0 Å². The smallest absolute Gasteiger partial charge is 0.260 e. The Morgan fingerprint density at radius 1 is 1.19 bits per heavy atom. The lowest BCUT2D eigenvalue weighted by molar-refractivity contribution is -0.134. The summed E-state index contributed by atoms with van der Waals surface area (Å²) >= 11 is 1.74. The number of methoxy groups -OCH3 is 1. The summed E-state index contributed by atoms with van der Waals surface area (Å²) in [7, 11) is 1.62. The predicted molar refractivity (Wildman–Crippen MR) is 107 cm³/mol. The predicted octanol–water partition coefficient (Wildman–Crippen LogP) is 4.09. The Morgan fingerprint density at radius 3 is 2.74 bits per heavy atom. The fraction of sp³-hybridized carbons (Fsp3) is 0.333. The molecule has 0 bridgehead atoms. The molecule has 27 heavy (non-hydrogen) atoms. The topological polar surface area (TPSA) is 51.7 Å². The normalized spacial score (nSPS) is 17.1. The number of carbonyl (C=O) groups is 1. The summed E-state index contributed by atoms with van der Waals surface area (Å²) in [5.74, 6) is 1.77. The van der Waals surface area contributed by atoms with Gasteiger partial charge in [-0.1, -0.05) is 12.1 Å². The maximum Gasteiger partial charge on any atom is 0.260 e. The van der Waals surface area contributed by atoms with Crippen molar-refractivity contribution in [3.05, 3.63) is 53.5 Å². The molecule has 0 radical (unpaired) electrons. The highest BCUT2D eigenvalue weighted by atomic mass is 32.1. The van der Waals surface area contributed by atoms with Crippen molar-refractivity contribution in [1.82, 2.24) is 9.88 Å². The molecule has 140 valence electrons. The fourth-order valence-corrected chi connectivity index (χ4v) is 4.47. The highest BCUT2D eigenvalue weighted by Gasteiger charge is 2.27. The van der Waals surface area contributed by atoms with Crippen molar-refractivity contribution in [2.45, 2.75) is 18.8 Å². The summed E-state index contributed by atoms with van der Waals surface area (Å²) in [6.07, 6.45) is 2.07. The molecule has 6 heteroatoms. The summed E-state index contributed by atoms with van der Waals surface area (Å²) in [4.78, 5) is 19.3. The van der Waals surface area contributed by atoms with E-state index in [2.05, 4.69) is 6.07 Å². The van der Waals surface area contributed by atoms with Crippen molar-refractivity contribution in [3.8, 4) is 11.5 Å². The lowest BCUT2D eigenvalue weighted by atomic mass is 9.99. The summed E-state index contributed by atoms with van der Waals surface area (Å²) in [6.45, 7) is 1.55. The van der Waals surface area contributed by atoms with E-state index in [-0.39, 0.29) is 12.5 Å². The van der Waals surface area contributed by atoms with Crippen molar-refractivity contribution < 1.29 is 14.3 Å². The number of benzene rings is 2. The average molecular weight is 382 g/mol. The zero-order valence-corrected chi connectivity index (χ0v) is 16.1. The fourth-order valence-electron chi connectivity index (χ4n) is 3.38. The van der Waals surface area contributed by atoms with E-state index in [0.29, 0.717) is 18.2 Å². The van der Waals surface area contributed by atoms with E-state index in [0.717, 1.165) is 35.7 Å². The molecule has 1 amide bonds. The van der Waals surface area contributed by atoms with Crippen LogP contribution in [-0.2, 0) is 4.79 Å². The van der Waals surface area contributed by atoms with Gasteiger partial charge in [0.2, 0.25) is 0 Å². The number of para-hydroxylation sites is 1. The number of aromatic nitrogens is 1. The molecule has 1 atom stereocenters. The van der Waals surface area contributed by atoms with E-state index in [1.54, 1.807) is 18.4 Å². The third kappa shape index (κ3) is 4.06. The van der Waals surface area contributed by atoms with Crippen molar-refractivity contribution >= 4 is 27.5 Å². The average Bonchev–Trinajstić information content (AvgIpc) is 3.17. The SMILES string of the molecule is COc1ccc(OCC(=O)N2CCC[C@@H](c3nc4ccccc4s3)C2)cc1. The lowest BCUT2D eigenvalue weighted by Gasteiger charge is -2.31. The molecule has 5 nitrogen and oxygen atoms in total. The van der Waals surface area contributed by atoms with Crippen LogP contribution in [0.1, 0.15) is 23.8 Å². The van der Waals surface area contributed by atoms with Crippen LogP contribution in [0.3, 0.4) is 0 Å². The minimum Gasteiger partial charge on any atom is -0.497 e. The molecule has 1 fully saturated rings. The number of hydrogen-bond donors (Lipinski definition) is 0. The van der Waals surface area contributed by atoms with Gasteiger partial charge in [-0.05, 0) is 49.2 Å². The van der Waals surface area contributed by atoms with E-state index < -0.39 is 0 Å². The molecular weight excluding hydrogens is 360 g/mol. The van der Waals surface area contributed by atoms with Gasteiger partial charge in [-0.2, -0.15) is 0 Å². The van der Waals surface area contributed by atoms with Gasteiger partial charge in [0.1, 0.15) is 11.5 Å². The molecule has 1 aromatic heterocycles. The Labute approximate surface area is 162 Å². The van der Waals surface area contributed by atoms with Crippen LogP contribution >= 0.6 is 11.3 Å². The Kier molecular flexibility index (Phi) is 5.25. The molecule has 0 aliphatic carbocycles. The van der Waals surface area contributed by atoms with Crippen LogP contribution in [0.5, 0.6) is 11.5 Å². The largest absolute Gasteiger partial charge is 0.497 e. The monoisotopic (exact) mass is 382 g/mol. The van der Waals surface area contributed by atoms with Gasteiger partial charge in [0.05, 0.1) is 22.3 Å². The first-order valence-electron chi connectivity index (χ1n) is 9.13. The number of thiazole rings is 1. The second kappa shape index (κ2) is 7.96. The summed E-state index contributed by atoms with van der Waals surface area (Å²) in [5, 5.41) is 1.13. The van der Waals surface area contributed by atoms with Gasteiger partial charge < -0.3 is 14.4 Å². The zero-order valence-electron chi connectivity index (χ0n) is 15.3. The molecule has 3 aromatic rings. The highest BCUT2D eigenvalue weighted by molar-refractivity contribution is 7.18. The molecule has 1 saturated heterocycles. The molecule has 2 heterocycles. The Morgan fingerprint density at radius 2 is 1.96 bits per heavy atom. The molecule has 1 aliphatic heterocycles. The molecule has 0 saturated carbocycles. The number of hydrogen-bond acceptors (Lipinski definition) is 5. The van der Waals surface area contributed by atoms with Crippen molar-refractivity contribution in [2.24, 2.45) is 0 Å². The Bertz CT molecular complexity index is 890. The number of carbonyl (C=O) groups excluding carboxylic acids is 1. The number of amides is 1. The van der Waals surface area contributed by atoms with Gasteiger partial charge in [0.15, 0.2) is 6.61 Å². The van der Waals surface area contributed by atoms with Crippen molar-refractivity contribution in [2.75, 3.05) is 26.8 Å². The van der Waals surface area contributed by atoms with Gasteiger partial charge in [0, 0.05) is 19.0 Å². The Balaban J connectivity index is 1.37. The molecule has 0 spiro atoms. The number of likely N-dealkylation sites (tertiary alicyclic amines) is 1. The van der Waals surface area contributed by atoms with E-state index in [1.807, 2.05) is 47.4 Å². The molecule has 1 aliphatic rings. The summed E-state index contributed by atoms with van der Waals surface area (Å²) < 4.78 is 12.0. The van der Waals surface area contributed by atoms with Crippen LogP contribution in [0.15, 0.2) is 48.5 Å². The van der Waals surface area contributed by atoms with E-state index in [1.165, 1.54) is 4.70 Å². The molecule has 4 rings (SSSR count). The summed E-state index contributed by atoms with van der Waals surface area (Å²) in [6, 6.07) is 15.5. The van der Waals surface area contributed by atoms with Crippen LogP contribution in [0, 0.1) is 0 Å². The standard InChI is InChI=1S/C21H22N2O3S/c1-25-16-8-10-17(11-9-16)26-14-20(24)23-12-4-5-15(13-23)21-22-18-6-2-3-7-19(18)27-21/h2-3,6-11,15H,4-5,12-14H2,1H3/t15-/m1/s1. The molecule has 2 aromatic carbocycles. The second-order valence-corrected chi connectivity index (χ2v) is 7.73. The van der Waals surface area contributed by atoms with Gasteiger partial charge in [-0.15, -0.1) is 11.3 Å². The summed E-state index contributed by atoms with van der Waals surface area (Å²) in [5.41, 5.74) is 1.05. The molecule has 0 N–H and O–H groups in total. The second-order valence-electron chi connectivity index (χ2n) is 6.66. The first-order valence-corrected chi connectivity index (χ1v) is 9.94. The van der Waals surface area contributed by atoms with Crippen LogP contribution in [0.2, 0.25) is 0 Å². The van der Waals surface area contributed by atoms with E-state index in [4.69, 9.17) is 14.5 Å². The zero-order chi connectivity index (χ0) is 18.6.